The Morgan fingerprint density at radius 3 is 1.48 bits per heavy atom. The van der Waals surface area contributed by atoms with Crippen LogP contribution in [0.5, 0.6) is 0 Å². The first kappa shape index (κ1) is 54.1. The van der Waals surface area contributed by atoms with Gasteiger partial charge in [-0.1, -0.05) is 59.6 Å². The fraction of sp³-hybridized carbons (Fsp3) is 0.276. The van der Waals surface area contributed by atoms with Crippen molar-refractivity contribution < 1.29 is 33.1 Å². The minimum absolute atomic E-state index is 0.0444. The number of aromatic nitrogens is 2. The lowest BCUT2D eigenvalue weighted by Gasteiger charge is -2.40. The van der Waals surface area contributed by atoms with Crippen molar-refractivity contribution in [1.29, 1.82) is 0 Å². The number of rotatable bonds is 12. The van der Waals surface area contributed by atoms with Crippen LogP contribution in [0.15, 0.2) is 134 Å². The van der Waals surface area contributed by atoms with E-state index in [-0.39, 0.29) is 41.4 Å². The molecule has 13 nitrogen and oxygen atoms in total. The molecule has 0 aliphatic carbocycles. The van der Waals surface area contributed by atoms with Crippen LogP contribution in [0.25, 0.3) is 34.7 Å². The number of carboxylic acid groups (broad SMARTS) is 1. The highest BCUT2D eigenvalue weighted by Gasteiger charge is 2.41. The number of nitrogens with zero attached hydrogens (tertiary/aromatic N) is 5. The number of carboxylic acids is 1. The zero-order chi connectivity index (χ0) is 53.0. The maximum Gasteiger partial charge on any atom is 0.328 e. The molecule has 0 saturated carbocycles. The van der Waals surface area contributed by atoms with Crippen molar-refractivity contribution in [3.8, 4) is 22.5 Å². The van der Waals surface area contributed by atoms with E-state index in [0.717, 1.165) is 69.3 Å². The van der Waals surface area contributed by atoms with E-state index in [2.05, 4.69) is 35.7 Å². The first-order valence-electron chi connectivity index (χ1n) is 24.8. The van der Waals surface area contributed by atoms with Gasteiger partial charge in [-0.3, -0.25) is 34.2 Å². The maximum absolute atomic E-state index is 13.3. The third-order valence-corrected chi connectivity index (χ3v) is 14.0. The second-order valence-electron chi connectivity index (χ2n) is 19.0. The number of halogens is 4. The number of carbonyl (C=O) groups excluding carboxylic acids is 3. The van der Waals surface area contributed by atoms with Crippen molar-refractivity contribution in [2.45, 2.75) is 76.8 Å². The Labute approximate surface area is 445 Å². The van der Waals surface area contributed by atoms with E-state index >= 15 is 0 Å². The standard InChI is InChI=1S/C29H28ClFN4O2.C16H13ClN2O3.C13H17FN2/c1-19(36)33-28-15-26(30)25(27-4-2-3-13-32-27)14-21(28)7-12-29(37)35-23-10-11-24(35)18-34(17-23)16-20-5-8-22(31)9-6-20;1-10(20)19-15-9-13(17)12(14-4-2-3-7-18-14)8-11(15)5-6-16(21)22;14-11-3-1-10(2-4-11)7-16-8-12-5-6-13(9-16)15-12/h2-9,12-15,23-24H,10-11,16-18H2,1H3,(H,33,36);2-9H,1H3,(H,19,20)(H,21,22);1-4,12-13,15H,5-9H2/b12-7+;6-5+;. The molecule has 4 unspecified atom stereocenters. The molecule has 4 aromatic carbocycles. The summed E-state index contributed by atoms with van der Waals surface area (Å²) in [6, 6.07) is 32.9. The molecule has 6 heterocycles. The second-order valence-corrected chi connectivity index (χ2v) is 19.9. The summed E-state index contributed by atoms with van der Waals surface area (Å²) in [6.45, 7) is 8.33. The zero-order valence-corrected chi connectivity index (χ0v) is 43.1. The average molecular weight is 1060 g/mol. The first-order chi connectivity index (χ1) is 36.1. The van der Waals surface area contributed by atoms with Crippen molar-refractivity contribution >= 4 is 70.4 Å². The molecule has 4 atom stereocenters. The Balaban J connectivity index is 0.000000166. The summed E-state index contributed by atoms with van der Waals surface area (Å²) < 4.78 is 26.0. The maximum atomic E-state index is 13.3. The number of anilines is 2. The molecule has 4 aliphatic rings. The number of benzene rings is 4. The van der Waals surface area contributed by atoms with Crippen molar-refractivity contribution in [1.82, 2.24) is 30.0 Å². The summed E-state index contributed by atoms with van der Waals surface area (Å²) in [6.07, 6.45) is 13.6. The highest BCUT2D eigenvalue weighted by Crippen LogP contribution is 2.36. The first-order valence-corrected chi connectivity index (χ1v) is 25.6. The van der Waals surface area contributed by atoms with Crippen molar-refractivity contribution in [3.05, 3.63) is 178 Å². The SMILES string of the molecule is CC(=O)Nc1cc(Cl)c(-c2ccccn2)cc1/C=C/C(=O)N1C2CCC1CN(Cc1ccc(F)cc1)C2.CC(=O)Nc1cc(Cl)c(-c2ccccn2)cc1/C=C/C(=O)O.Fc1ccc(CN2CC3CCC(C2)N3)cc1. The predicted molar refractivity (Wildman–Crippen MR) is 291 cm³/mol. The Morgan fingerprint density at radius 1 is 0.627 bits per heavy atom. The third-order valence-electron chi connectivity index (χ3n) is 13.3. The van der Waals surface area contributed by atoms with Crippen molar-refractivity contribution in [2.75, 3.05) is 36.8 Å². The largest absolute Gasteiger partial charge is 0.478 e. The highest BCUT2D eigenvalue weighted by molar-refractivity contribution is 6.34. The summed E-state index contributed by atoms with van der Waals surface area (Å²) in [5.41, 5.74) is 7.20. The van der Waals surface area contributed by atoms with Crippen LogP contribution in [0, 0.1) is 11.6 Å². The van der Waals surface area contributed by atoms with Gasteiger partial charge in [-0.05, 0) is 133 Å². The Morgan fingerprint density at radius 2 is 1.07 bits per heavy atom. The number of fused-ring (bicyclic) bond motifs is 4. The van der Waals surface area contributed by atoms with Gasteiger partial charge in [0.15, 0.2) is 0 Å². The number of aliphatic carboxylic acids is 1. The fourth-order valence-electron chi connectivity index (χ4n) is 10.1. The summed E-state index contributed by atoms with van der Waals surface area (Å²) in [5.74, 6) is -2.01. The van der Waals surface area contributed by atoms with Gasteiger partial charge >= 0.3 is 5.97 Å². The molecule has 2 aromatic heterocycles. The summed E-state index contributed by atoms with van der Waals surface area (Å²) in [5, 5.41) is 18.7. The van der Waals surface area contributed by atoms with E-state index in [0.29, 0.717) is 61.6 Å². The number of amides is 3. The number of likely N-dealkylation sites (tertiary alicyclic amines) is 2. The quantitative estimate of drug-likeness (QED) is 0.0869. The van der Waals surface area contributed by atoms with Crippen LogP contribution in [0.4, 0.5) is 20.2 Å². The van der Waals surface area contributed by atoms with Gasteiger partial charge in [-0.2, -0.15) is 0 Å². The van der Waals surface area contributed by atoms with Crippen LogP contribution in [0.2, 0.25) is 10.0 Å². The van der Waals surface area contributed by atoms with Gasteiger partial charge in [0.05, 0.1) is 21.4 Å². The fourth-order valence-corrected chi connectivity index (χ4v) is 10.6. The molecule has 10 rings (SSSR count). The number of pyridine rings is 2. The van der Waals surface area contributed by atoms with E-state index in [1.54, 1.807) is 67.0 Å². The predicted octanol–water partition coefficient (Wildman–Crippen LogP) is 10.6. The van der Waals surface area contributed by atoms with Crippen LogP contribution >= 0.6 is 23.2 Å². The van der Waals surface area contributed by atoms with Gasteiger partial charge in [0, 0.05) is 124 Å². The lowest BCUT2D eigenvalue weighted by atomic mass is 10.0. The molecule has 6 aromatic rings. The van der Waals surface area contributed by atoms with E-state index in [1.807, 2.05) is 59.5 Å². The molecule has 4 N–H and O–H groups in total. The van der Waals surface area contributed by atoms with Crippen LogP contribution < -0.4 is 16.0 Å². The minimum atomic E-state index is -1.08. The number of piperazine rings is 2. The number of hydrogen-bond donors (Lipinski definition) is 4. The monoisotopic (exact) mass is 1050 g/mol. The Hall–Kier alpha value is -7.14. The third kappa shape index (κ3) is 15.0. The van der Waals surface area contributed by atoms with Crippen LogP contribution in [0.1, 0.15) is 61.8 Å². The van der Waals surface area contributed by atoms with Crippen LogP contribution in [0.3, 0.4) is 0 Å². The van der Waals surface area contributed by atoms with E-state index < -0.39 is 5.97 Å². The van der Waals surface area contributed by atoms with Gasteiger partial charge < -0.3 is 26.0 Å². The lowest BCUT2D eigenvalue weighted by molar-refractivity contribution is -0.132. The molecule has 4 fully saturated rings. The van der Waals surface area contributed by atoms with Crippen LogP contribution in [-0.4, -0.2) is 104 Å². The smallest absolute Gasteiger partial charge is 0.328 e. The molecule has 17 heteroatoms. The van der Waals surface area contributed by atoms with Crippen molar-refractivity contribution in [2.24, 2.45) is 0 Å². The molecule has 75 heavy (non-hydrogen) atoms. The number of nitrogens with one attached hydrogen (secondary N) is 3. The zero-order valence-electron chi connectivity index (χ0n) is 41.6. The summed E-state index contributed by atoms with van der Waals surface area (Å²) in [4.78, 5) is 62.5. The molecule has 4 aliphatic heterocycles. The van der Waals surface area contributed by atoms with Crippen molar-refractivity contribution in [3.63, 3.8) is 0 Å². The Bertz CT molecular complexity index is 3010. The number of hydrogen-bond acceptors (Lipinski definition) is 9. The molecular weight excluding hydrogens is 998 g/mol. The summed E-state index contributed by atoms with van der Waals surface area (Å²) in [7, 11) is 0. The van der Waals surface area contributed by atoms with Gasteiger partial charge in [0.2, 0.25) is 17.7 Å². The molecule has 4 saturated heterocycles. The second kappa shape index (κ2) is 25.4. The molecule has 3 amide bonds. The highest BCUT2D eigenvalue weighted by atomic mass is 35.5. The van der Waals surface area contributed by atoms with Gasteiger partial charge in [-0.15, -0.1) is 0 Å². The topological polar surface area (TPSA) is 160 Å². The van der Waals surface area contributed by atoms with Crippen LogP contribution in [-0.2, 0) is 32.3 Å². The number of carbonyl (C=O) groups is 4. The van der Waals surface area contributed by atoms with E-state index in [1.165, 1.54) is 50.5 Å². The normalized spacial score (nSPS) is 19.0. The molecule has 388 valence electrons. The van der Waals surface area contributed by atoms with E-state index in [9.17, 15) is 28.0 Å². The van der Waals surface area contributed by atoms with Gasteiger partial charge in [0.1, 0.15) is 11.6 Å². The Kier molecular flexibility index (Phi) is 18.3. The van der Waals surface area contributed by atoms with E-state index in [4.69, 9.17) is 28.3 Å². The molecule has 4 bridgehead atoms. The molecule has 0 spiro atoms. The van der Waals surface area contributed by atoms with Gasteiger partial charge in [-0.25, -0.2) is 13.6 Å². The minimum Gasteiger partial charge on any atom is -0.478 e. The average Bonchev–Trinajstić information content (AvgIpc) is 3.87. The summed E-state index contributed by atoms with van der Waals surface area (Å²) >= 11 is 12.8. The molecular formula is C58H58Cl2F2N8O5. The lowest BCUT2D eigenvalue weighted by Crippen LogP contribution is -2.55. The van der Waals surface area contributed by atoms with Gasteiger partial charge in [0.25, 0.3) is 0 Å². The molecule has 0 radical (unpaired) electrons.